The maximum atomic E-state index is 12.1. The molecule has 1 fully saturated rings. The fraction of sp³-hybridized carbons (Fsp3) is 0.533. The van der Waals surface area contributed by atoms with E-state index in [9.17, 15) is 4.79 Å². The number of hydrogen-bond donors (Lipinski definition) is 2. The maximum Gasteiger partial charge on any atom is 0.176 e. The van der Waals surface area contributed by atoms with E-state index in [0.717, 1.165) is 30.0 Å². The Hall–Kier alpha value is -1.55. The molecule has 0 spiro atoms. The second-order valence-electron chi connectivity index (χ2n) is 5.32. The molecule has 1 unspecified atom stereocenters. The first-order valence-corrected chi connectivity index (χ1v) is 7.07. The van der Waals surface area contributed by atoms with Crippen LogP contribution in [0.2, 0.25) is 0 Å². The van der Waals surface area contributed by atoms with Crippen LogP contribution < -0.4 is 15.4 Å². The molecular weight excluding hydrogens is 240 g/mol. The molecule has 2 N–H and O–H groups in total. The van der Waals surface area contributed by atoms with Crippen molar-refractivity contribution in [3.63, 3.8) is 0 Å². The van der Waals surface area contributed by atoms with Crippen LogP contribution >= 0.6 is 0 Å². The Morgan fingerprint density at radius 2 is 2.32 bits per heavy atom. The number of carbonyl (C=O) groups is 1. The Morgan fingerprint density at radius 3 is 3.05 bits per heavy atom. The lowest BCUT2D eigenvalue weighted by Gasteiger charge is -2.26. The van der Waals surface area contributed by atoms with Gasteiger partial charge in [-0.15, -0.1) is 0 Å². The lowest BCUT2D eigenvalue weighted by molar-refractivity contribution is 0.0990. The Kier molecular flexibility index (Phi) is 3.42. The van der Waals surface area contributed by atoms with E-state index in [1.165, 1.54) is 12.8 Å². The summed E-state index contributed by atoms with van der Waals surface area (Å²) in [6, 6.07) is 6.22. The number of fused-ring (bicyclic) bond motifs is 1. The number of anilines is 1. The van der Waals surface area contributed by atoms with Crippen LogP contribution in [0.1, 0.15) is 36.5 Å². The molecule has 2 aliphatic rings. The summed E-state index contributed by atoms with van der Waals surface area (Å²) in [4.78, 5) is 12.1. The topological polar surface area (TPSA) is 50.4 Å². The lowest BCUT2D eigenvalue weighted by Crippen LogP contribution is -2.30. The molecule has 1 saturated carbocycles. The highest BCUT2D eigenvalue weighted by molar-refractivity contribution is 5.98. The molecule has 0 aromatic heterocycles. The van der Waals surface area contributed by atoms with Gasteiger partial charge >= 0.3 is 0 Å². The number of benzene rings is 1. The Labute approximate surface area is 113 Å². The van der Waals surface area contributed by atoms with Crippen molar-refractivity contribution in [3.8, 4) is 5.75 Å². The van der Waals surface area contributed by atoms with E-state index in [4.69, 9.17) is 4.74 Å². The first-order chi connectivity index (χ1) is 9.26. The summed E-state index contributed by atoms with van der Waals surface area (Å²) in [7, 11) is 0. The zero-order valence-corrected chi connectivity index (χ0v) is 11.2. The number of carbonyl (C=O) groups excluding carboxylic acids is 1. The van der Waals surface area contributed by atoms with Crippen LogP contribution in [-0.4, -0.2) is 31.0 Å². The van der Waals surface area contributed by atoms with Crippen LogP contribution in [0.15, 0.2) is 18.2 Å². The van der Waals surface area contributed by atoms with Gasteiger partial charge in [0, 0.05) is 11.6 Å². The molecule has 1 aliphatic carbocycles. The third kappa shape index (κ3) is 2.89. The number of ether oxygens (including phenoxy) is 1. The molecular formula is C15H20N2O2. The third-order valence-corrected chi connectivity index (χ3v) is 3.70. The van der Waals surface area contributed by atoms with Crippen molar-refractivity contribution in [2.45, 2.75) is 38.3 Å². The van der Waals surface area contributed by atoms with Crippen LogP contribution in [-0.2, 0) is 0 Å². The van der Waals surface area contributed by atoms with Crippen molar-refractivity contribution in [2.24, 2.45) is 0 Å². The Morgan fingerprint density at radius 1 is 1.47 bits per heavy atom. The average Bonchev–Trinajstić information content (AvgIpc) is 3.27. The van der Waals surface area contributed by atoms with Gasteiger partial charge in [-0.25, -0.2) is 0 Å². The largest absolute Gasteiger partial charge is 0.486 e. The molecule has 102 valence electrons. The van der Waals surface area contributed by atoms with Gasteiger partial charge in [-0.2, -0.15) is 0 Å². The molecule has 0 bridgehead atoms. The van der Waals surface area contributed by atoms with Gasteiger partial charge < -0.3 is 15.4 Å². The predicted octanol–water partition coefficient (Wildman–Crippen LogP) is 2.20. The van der Waals surface area contributed by atoms with Crippen molar-refractivity contribution in [2.75, 3.05) is 18.4 Å². The predicted molar refractivity (Wildman–Crippen MR) is 75.0 cm³/mol. The molecule has 0 radical (unpaired) electrons. The monoisotopic (exact) mass is 260 g/mol. The van der Waals surface area contributed by atoms with E-state index in [1.807, 2.05) is 18.2 Å². The Bertz CT molecular complexity index is 483. The van der Waals surface area contributed by atoms with Crippen molar-refractivity contribution < 1.29 is 9.53 Å². The zero-order valence-electron chi connectivity index (χ0n) is 11.2. The molecule has 4 nitrogen and oxygen atoms in total. The molecule has 0 saturated heterocycles. The van der Waals surface area contributed by atoms with Gasteiger partial charge in [-0.1, -0.05) is 6.92 Å². The highest BCUT2D eigenvalue weighted by Gasteiger charge is 2.22. The maximum absolute atomic E-state index is 12.1. The van der Waals surface area contributed by atoms with Gasteiger partial charge in [0.2, 0.25) is 0 Å². The standard InChI is InChI=1S/C15H20N2O2/c1-2-12-8-17-13-7-10(3-6-15(13)19-12)14(18)9-16-11-4-5-11/h3,6-7,11-12,16-17H,2,4-5,8-9H2,1H3. The normalized spacial score (nSPS) is 21.2. The molecule has 1 aliphatic heterocycles. The molecule has 1 atom stereocenters. The number of Topliss-reactive ketones (excluding diaryl/α,β-unsaturated/α-hetero) is 1. The SMILES string of the molecule is CCC1CNc2cc(C(=O)CNC3CC3)ccc2O1. The quantitative estimate of drug-likeness (QED) is 0.797. The molecule has 1 heterocycles. The van der Waals surface area contributed by atoms with Crippen molar-refractivity contribution >= 4 is 11.5 Å². The number of nitrogens with one attached hydrogen (secondary N) is 2. The van der Waals surface area contributed by atoms with Crippen molar-refractivity contribution in [1.82, 2.24) is 5.32 Å². The number of ketones is 1. The second kappa shape index (κ2) is 5.21. The molecule has 19 heavy (non-hydrogen) atoms. The molecule has 4 heteroatoms. The van der Waals surface area contributed by atoms with E-state index in [1.54, 1.807) is 0 Å². The van der Waals surface area contributed by atoms with Gasteiger partial charge in [0.15, 0.2) is 5.78 Å². The minimum absolute atomic E-state index is 0.147. The van der Waals surface area contributed by atoms with Gasteiger partial charge in [0.05, 0.1) is 18.8 Å². The zero-order chi connectivity index (χ0) is 13.2. The van der Waals surface area contributed by atoms with E-state index in [-0.39, 0.29) is 11.9 Å². The fourth-order valence-electron chi connectivity index (χ4n) is 2.24. The smallest absolute Gasteiger partial charge is 0.176 e. The van der Waals surface area contributed by atoms with Crippen LogP contribution in [0.5, 0.6) is 5.75 Å². The summed E-state index contributed by atoms with van der Waals surface area (Å²) in [5, 5.41) is 6.59. The first kappa shape index (κ1) is 12.5. The highest BCUT2D eigenvalue weighted by atomic mass is 16.5. The lowest BCUT2D eigenvalue weighted by atomic mass is 10.1. The van der Waals surface area contributed by atoms with E-state index in [0.29, 0.717) is 12.6 Å². The van der Waals surface area contributed by atoms with Crippen LogP contribution in [0.25, 0.3) is 0 Å². The summed E-state index contributed by atoms with van der Waals surface area (Å²) >= 11 is 0. The van der Waals surface area contributed by atoms with Crippen LogP contribution in [0, 0.1) is 0 Å². The summed E-state index contributed by atoms with van der Waals surface area (Å²) in [6.45, 7) is 3.35. The number of hydrogen-bond acceptors (Lipinski definition) is 4. The van der Waals surface area contributed by atoms with E-state index in [2.05, 4.69) is 17.6 Å². The third-order valence-electron chi connectivity index (χ3n) is 3.70. The molecule has 1 aromatic carbocycles. The van der Waals surface area contributed by atoms with Gasteiger partial charge in [0.1, 0.15) is 11.9 Å². The van der Waals surface area contributed by atoms with Crippen LogP contribution in [0.3, 0.4) is 0 Å². The average molecular weight is 260 g/mol. The van der Waals surface area contributed by atoms with Gasteiger partial charge in [-0.3, -0.25) is 4.79 Å². The minimum Gasteiger partial charge on any atom is -0.486 e. The Balaban J connectivity index is 1.68. The number of rotatable bonds is 5. The summed E-state index contributed by atoms with van der Waals surface area (Å²) in [6.07, 6.45) is 3.61. The van der Waals surface area contributed by atoms with Gasteiger partial charge in [-0.05, 0) is 37.5 Å². The molecule has 0 amide bonds. The minimum atomic E-state index is 0.147. The molecule has 1 aromatic rings. The van der Waals surface area contributed by atoms with E-state index < -0.39 is 0 Å². The summed E-state index contributed by atoms with van der Waals surface area (Å²) < 4.78 is 5.83. The summed E-state index contributed by atoms with van der Waals surface area (Å²) in [5.41, 5.74) is 1.68. The van der Waals surface area contributed by atoms with E-state index >= 15 is 0 Å². The van der Waals surface area contributed by atoms with Crippen LogP contribution in [0.4, 0.5) is 5.69 Å². The fourth-order valence-corrected chi connectivity index (χ4v) is 2.24. The first-order valence-electron chi connectivity index (χ1n) is 7.07. The second-order valence-corrected chi connectivity index (χ2v) is 5.32. The summed E-state index contributed by atoms with van der Waals surface area (Å²) in [5.74, 6) is 0.999. The highest BCUT2D eigenvalue weighted by Crippen LogP contribution is 2.30. The molecule has 3 rings (SSSR count). The van der Waals surface area contributed by atoms with Gasteiger partial charge in [0.25, 0.3) is 0 Å². The van der Waals surface area contributed by atoms with Crippen molar-refractivity contribution in [1.29, 1.82) is 0 Å². The van der Waals surface area contributed by atoms with Crippen molar-refractivity contribution in [3.05, 3.63) is 23.8 Å².